The van der Waals surface area contributed by atoms with Gasteiger partial charge in [-0.2, -0.15) is 0 Å². The molecule has 0 fully saturated rings. The highest BCUT2D eigenvalue weighted by Gasteiger charge is 2.15. The van der Waals surface area contributed by atoms with Crippen molar-refractivity contribution in [3.05, 3.63) is 60.2 Å². The first kappa shape index (κ1) is 20.9. The molecule has 2 N–H and O–H groups in total. The highest BCUT2D eigenvalue weighted by atomic mass is 32.2. The van der Waals surface area contributed by atoms with Gasteiger partial charge in [0.1, 0.15) is 5.75 Å². The smallest absolute Gasteiger partial charge is 0.230 e. The average molecular weight is 412 g/mol. The van der Waals surface area contributed by atoms with E-state index in [1.165, 1.54) is 17.3 Å². The lowest BCUT2D eigenvalue weighted by Crippen LogP contribution is -2.35. The summed E-state index contributed by atoms with van der Waals surface area (Å²) < 4.78 is 5.16. The van der Waals surface area contributed by atoms with Crippen LogP contribution in [0, 0.1) is 0 Å². The van der Waals surface area contributed by atoms with Gasteiger partial charge in [-0.05, 0) is 43.9 Å². The number of methoxy groups -OCH3 is 1. The van der Waals surface area contributed by atoms with Crippen molar-refractivity contribution >= 4 is 17.7 Å². The number of thioether (sulfide) groups is 1. The Morgan fingerprint density at radius 1 is 1.17 bits per heavy atom. The summed E-state index contributed by atoms with van der Waals surface area (Å²) in [5.41, 5.74) is 2.08. The molecule has 0 saturated carbocycles. The first-order valence-electron chi connectivity index (χ1n) is 9.24. The van der Waals surface area contributed by atoms with Crippen LogP contribution in [0.1, 0.15) is 11.6 Å². The molecule has 0 bridgehead atoms. The molecular formula is C21H25N5O2S. The zero-order valence-electron chi connectivity index (χ0n) is 16.8. The number of rotatable bonds is 9. The van der Waals surface area contributed by atoms with E-state index in [1.807, 2.05) is 56.6 Å². The Balaban J connectivity index is 1.51. The number of likely N-dealkylation sites (N-methyl/N-ethyl adjacent to an activating group) is 1. The number of aromatic amines is 1. The standard InChI is InChI=1S/C21H25N5O2S/c1-26(2)18(15-7-5-4-6-8-15)13-22-19(27)14-29-21-23-20(24-25-21)16-9-11-17(28-3)12-10-16/h4-12,18H,13-14H2,1-3H3,(H,22,27)(H,23,24,25)/t18-/m1/s1. The summed E-state index contributed by atoms with van der Waals surface area (Å²) in [4.78, 5) is 18.8. The number of hydrogen-bond acceptors (Lipinski definition) is 6. The molecule has 29 heavy (non-hydrogen) atoms. The highest BCUT2D eigenvalue weighted by Crippen LogP contribution is 2.22. The number of ether oxygens (including phenoxy) is 1. The van der Waals surface area contributed by atoms with E-state index < -0.39 is 0 Å². The third-order valence-corrected chi connectivity index (χ3v) is 5.31. The fourth-order valence-electron chi connectivity index (χ4n) is 2.85. The van der Waals surface area contributed by atoms with Gasteiger partial charge in [0.25, 0.3) is 0 Å². The molecule has 3 aromatic rings. The molecular weight excluding hydrogens is 386 g/mol. The normalized spacial score (nSPS) is 12.0. The summed E-state index contributed by atoms with van der Waals surface area (Å²) in [6.07, 6.45) is 0. The van der Waals surface area contributed by atoms with Crippen LogP contribution in [0.2, 0.25) is 0 Å². The van der Waals surface area contributed by atoms with Gasteiger partial charge in [-0.3, -0.25) is 9.89 Å². The fraction of sp³-hybridized carbons (Fsp3) is 0.286. The summed E-state index contributed by atoms with van der Waals surface area (Å²) >= 11 is 1.30. The summed E-state index contributed by atoms with van der Waals surface area (Å²) in [6, 6.07) is 17.8. The Labute approximate surface area is 174 Å². The van der Waals surface area contributed by atoms with Crippen molar-refractivity contribution in [2.45, 2.75) is 11.2 Å². The largest absolute Gasteiger partial charge is 0.497 e. The van der Waals surface area contributed by atoms with E-state index in [9.17, 15) is 4.79 Å². The second kappa shape index (κ2) is 10.1. The molecule has 8 heteroatoms. The van der Waals surface area contributed by atoms with Crippen molar-refractivity contribution in [2.24, 2.45) is 0 Å². The van der Waals surface area contributed by atoms with Crippen molar-refractivity contribution < 1.29 is 9.53 Å². The number of carbonyl (C=O) groups excluding carboxylic acids is 1. The first-order valence-corrected chi connectivity index (χ1v) is 10.2. The maximum atomic E-state index is 12.3. The Kier molecular flexibility index (Phi) is 7.26. The molecule has 0 unspecified atom stereocenters. The topological polar surface area (TPSA) is 83.1 Å². The number of hydrogen-bond donors (Lipinski definition) is 2. The van der Waals surface area contributed by atoms with Gasteiger partial charge in [0.2, 0.25) is 11.1 Å². The molecule has 1 atom stereocenters. The monoisotopic (exact) mass is 411 g/mol. The van der Waals surface area contributed by atoms with Crippen LogP contribution in [-0.2, 0) is 4.79 Å². The zero-order valence-corrected chi connectivity index (χ0v) is 17.6. The molecule has 2 aromatic carbocycles. The zero-order chi connectivity index (χ0) is 20.6. The lowest BCUT2D eigenvalue weighted by atomic mass is 10.1. The van der Waals surface area contributed by atoms with E-state index in [4.69, 9.17) is 4.74 Å². The minimum atomic E-state index is -0.0476. The predicted octanol–water partition coefficient (Wildman–Crippen LogP) is 2.99. The molecule has 7 nitrogen and oxygen atoms in total. The molecule has 0 saturated heterocycles. The summed E-state index contributed by atoms with van der Waals surface area (Å²) in [5.74, 6) is 1.65. The lowest BCUT2D eigenvalue weighted by molar-refractivity contribution is -0.118. The van der Waals surface area contributed by atoms with Crippen molar-refractivity contribution in [1.82, 2.24) is 25.4 Å². The Morgan fingerprint density at radius 2 is 1.90 bits per heavy atom. The van der Waals surface area contributed by atoms with Crippen molar-refractivity contribution in [3.8, 4) is 17.1 Å². The average Bonchev–Trinajstić information content (AvgIpc) is 3.22. The second-order valence-corrected chi connectivity index (χ2v) is 7.62. The van der Waals surface area contributed by atoms with Crippen molar-refractivity contribution in [3.63, 3.8) is 0 Å². The van der Waals surface area contributed by atoms with E-state index in [-0.39, 0.29) is 17.7 Å². The molecule has 0 radical (unpaired) electrons. The van der Waals surface area contributed by atoms with Gasteiger partial charge in [-0.15, -0.1) is 5.10 Å². The Hall–Kier alpha value is -2.84. The van der Waals surface area contributed by atoms with Crippen LogP contribution in [0.5, 0.6) is 5.75 Å². The predicted molar refractivity (Wildman–Crippen MR) is 115 cm³/mol. The van der Waals surface area contributed by atoms with Crippen LogP contribution < -0.4 is 10.1 Å². The first-order chi connectivity index (χ1) is 14.1. The third kappa shape index (κ3) is 5.82. The van der Waals surface area contributed by atoms with Crippen LogP contribution in [0.3, 0.4) is 0 Å². The van der Waals surface area contributed by atoms with Crippen LogP contribution in [-0.4, -0.2) is 59.5 Å². The van der Waals surface area contributed by atoms with Gasteiger partial charge < -0.3 is 15.0 Å². The molecule has 0 aliphatic carbocycles. The number of nitrogens with one attached hydrogen (secondary N) is 2. The highest BCUT2D eigenvalue weighted by molar-refractivity contribution is 7.99. The van der Waals surface area contributed by atoms with E-state index in [2.05, 4.69) is 37.5 Å². The third-order valence-electron chi connectivity index (χ3n) is 4.46. The number of H-pyrrole nitrogens is 1. The van der Waals surface area contributed by atoms with Gasteiger partial charge in [-0.25, -0.2) is 4.98 Å². The molecule has 0 aliphatic rings. The van der Waals surface area contributed by atoms with Crippen LogP contribution in [0.25, 0.3) is 11.4 Å². The molecule has 1 amide bonds. The quantitative estimate of drug-likeness (QED) is 0.527. The van der Waals surface area contributed by atoms with Crippen LogP contribution in [0.4, 0.5) is 0 Å². The van der Waals surface area contributed by atoms with E-state index in [0.29, 0.717) is 17.5 Å². The van der Waals surface area contributed by atoms with E-state index in [1.54, 1.807) is 7.11 Å². The SMILES string of the molecule is COc1ccc(-c2nc(SCC(=O)NC[C@H](c3ccccc3)N(C)C)n[nH]2)cc1. The van der Waals surface area contributed by atoms with Gasteiger partial charge in [0, 0.05) is 12.1 Å². The van der Waals surface area contributed by atoms with Crippen molar-refractivity contribution in [1.29, 1.82) is 0 Å². The van der Waals surface area contributed by atoms with Crippen LogP contribution >= 0.6 is 11.8 Å². The molecule has 0 aliphatic heterocycles. The number of nitrogens with zero attached hydrogens (tertiary/aromatic N) is 3. The number of aromatic nitrogens is 3. The number of amides is 1. The maximum Gasteiger partial charge on any atom is 0.230 e. The summed E-state index contributed by atoms with van der Waals surface area (Å²) in [6.45, 7) is 0.543. The van der Waals surface area contributed by atoms with Crippen LogP contribution in [0.15, 0.2) is 59.8 Å². The summed E-state index contributed by atoms with van der Waals surface area (Å²) in [7, 11) is 5.64. The molecule has 152 valence electrons. The van der Waals surface area contributed by atoms with Gasteiger partial charge >= 0.3 is 0 Å². The van der Waals surface area contributed by atoms with Crippen molar-refractivity contribution in [2.75, 3.05) is 33.5 Å². The van der Waals surface area contributed by atoms with Gasteiger partial charge in [-0.1, -0.05) is 42.1 Å². The minimum absolute atomic E-state index is 0.0476. The number of benzene rings is 2. The van der Waals surface area contributed by atoms with E-state index in [0.717, 1.165) is 11.3 Å². The van der Waals surface area contributed by atoms with E-state index >= 15 is 0 Å². The van der Waals surface area contributed by atoms with Gasteiger partial charge in [0.15, 0.2) is 5.82 Å². The molecule has 1 aromatic heterocycles. The lowest BCUT2D eigenvalue weighted by Gasteiger charge is -2.25. The Morgan fingerprint density at radius 3 is 2.55 bits per heavy atom. The van der Waals surface area contributed by atoms with Gasteiger partial charge in [0.05, 0.1) is 18.9 Å². The molecule has 0 spiro atoms. The Bertz CT molecular complexity index is 912. The minimum Gasteiger partial charge on any atom is -0.497 e. The molecule has 1 heterocycles. The fourth-order valence-corrected chi connectivity index (χ4v) is 3.48. The molecule has 3 rings (SSSR count). The number of carbonyl (C=O) groups is 1. The second-order valence-electron chi connectivity index (χ2n) is 6.68. The summed E-state index contributed by atoms with van der Waals surface area (Å²) in [5, 5.41) is 10.6. The maximum absolute atomic E-state index is 12.3.